The van der Waals surface area contributed by atoms with Crippen molar-refractivity contribution in [2.24, 2.45) is 29.1 Å². The Labute approximate surface area is 314 Å². The smallest absolute Gasteiger partial charge is 0.251 e. The molecule has 3 aliphatic carbocycles. The molecule has 8 atom stereocenters. The predicted molar refractivity (Wildman–Crippen MR) is 208 cm³/mol. The lowest BCUT2D eigenvalue weighted by molar-refractivity contribution is -0.176. The fourth-order valence-corrected chi connectivity index (χ4v) is 9.21. The van der Waals surface area contributed by atoms with Gasteiger partial charge >= 0.3 is 0 Å². The topological polar surface area (TPSA) is 123 Å². The van der Waals surface area contributed by atoms with Crippen molar-refractivity contribution in [3.63, 3.8) is 0 Å². The Bertz CT molecular complexity index is 1810. The molecule has 3 saturated carbocycles. The van der Waals surface area contributed by atoms with Gasteiger partial charge in [-0.3, -0.25) is 19.2 Å². The molecule has 0 aromatic heterocycles. The molecule has 0 spiro atoms. The van der Waals surface area contributed by atoms with Gasteiger partial charge in [-0.05, 0) is 95.9 Å². The van der Waals surface area contributed by atoms with Crippen LogP contribution in [0.2, 0.25) is 0 Å². The number of carbonyl (C=O) groups excluding carboxylic acids is 3. The maximum Gasteiger partial charge on any atom is 0.251 e. The van der Waals surface area contributed by atoms with E-state index in [1.165, 1.54) is 6.42 Å². The van der Waals surface area contributed by atoms with Gasteiger partial charge in [-0.25, -0.2) is 0 Å². The molecule has 1 saturated heterocycles. The third-order valence-corrected chi connectivity index (χ3v) is 12.7. The molecule has 1 aliphatic heterocycles. The first-order valence-corrected chi connectivity index (χ1v) is 19.0. The Hall–Kier alpha value is -4.09. The Balaban J connectivity index is 1.28. The van der Waals surface area contributed by atoms with Crippen LogP contribution in [-0.2, 0) is 22.7 Å². The van der Waals surface area contributed by atoms with Crippen LogP contribution < -0.4 is 20.9 Å². The fourth-order valence-electron chi connectivity index (χ4n) is 9.21. The lowest BCUT2D eigenvalue weighted by Crippen LogP contribution is -2.62. The SMILES string of the molecule is CNC(=O)c1cc(-c2cccc(CN3O[C@@H](CNCc4ccc(C=O)cc4)[C@@H]([C@H](C)O)[C@H]3C(=O)N[C@H]3C[C@@H]4C[C@H]([C@@H]3C)C4(C)C)c2C)cc(N(C)C)c1. The van der Waals surface area contributed by atoms with Crippen molar-refractivity contribution in [3.8, 4) is 11.1 Å². The highest BCUT2D eigenvalue weighted by molar-refractivity contribution is 5.96. The number of hydrogen-bond donors (Lipinski definition) is 4. The molecular weight excluding hydrogens is 667 g/mol. The Morgan fingerprint density at radius 2 is 1.83 bits per heavy atom. The minimum Gasteiger partial charge on any atom is -0.393 e. The van der Waals surface area contributed by atoms with Crippen LogP contribution in [0.5, 0.6) is 0 Å². The van der Waals surface area contributed by atoms with Crippen LogP contribution in [-0.4, -0.2) is 80.2 Å². The monoisotopic (exact) mass is 723 g/mol. The molecule has 284 valence electrons. The van der Waals surface area contributed by atoms with Crippen molar-refractivity contribution in [1.29, 1.82) is 0 Å². The van der Waals surface area contributed by atoms with E-state index in [4.69, 9.17) is 4.84 Å². The van der Waals surface area contributed by atoms with E-state index in [9.17, 15) is 19.5 Å². The first-order chi connectivity index (χ1) is 25.2. The summed E-state index contributed by atoms with van der Waals surface area (Å²) >= 11 is 0. The zero-order chi connectivity index (χ0) is 38.2. The summed E-state index contributed by atoms with van der Waals surface area (Å²) in [6.45, 7) is 12.1. The first kappa shape index (κ1) is 38.6. The van der Waals surface area contributed by atoms with E-state index in [1.54, 1.807) is 31.2 Å². The summed E-state index contributed by atoms with van der Waals surface area (Å²) in [7, 11) is 5.54. The second kappa shape index (κ2) is 15.7. The predicted octanol–water partition coefficient (Wildman–Crippen LogP) is 5.36. The largest absolute Gasteiger partial charge is 0.393 e. The van der Waals surface area contributed by atoms with Gasteiger partial charge in [-0.15, -0.1) is 0 Å². The summed E-state index contributed by atoms with van der Waals surface area (Å²) in [6.07, 6.45) is 1.73. The van der Waals surface area contributed by atoms with Gasteiger partial charge in [0.15, 0.2) is 0 Å². The van der Waals surface area contributed by atoms with Crippen molar-refractivity contribution in [1.82, 2.24) is 21.0 Å². The minimum absolute atomic E-state index is 0.0749. The van der Waals surface area contributed by atoms with Gasteiger partial charge in [0.05, 0.1) is 18.8 Å². The standard InChI is InChI=1S/C43H57N5O5/c1-25-30(10-9-11-35(25)31-16-32(41(51)44-6)18-34(17-31)47(7)8)23-48-40(42(52)46-37-20-33-19-36(26(37)2)43(33,4)5)39(27(3)50)38(53-48)22-45-21-28-12-14-29(24-49)15-13-28/h9-18,24,26-27,33,36-40,45,50H,19-23H2,1-8H3,(H,44,51)(H,46,52)/t26-,27-,33-,36+,37-,38-,39+,40-/m0/s1. The quantitative estimate of drug-likeness (QED) is 0.174. The molecule has 4 fully saturated rings. The maximum absolute atomic E-state index is 14.5. The van der Waals surface area contributed by atoms with Crippen LogP contribution in [0.25, 0.3) is 11.1 Å². The fraction of sp³-hybridized carbons (Fsp3) is 0.512. The van der Waals surface area contributed by atoms with Crippen molar-refractivity contribution in [2.75, 3.05) is 32.6 Å². The van der Waals surface area contributed by atoms with Crippen LogP contribution in [0, 0.1) is 36.0 Å². The van der Waals surface area contributed by atoms with Gasteiger partial charge in [0.25, 0.3) is 5.91 Å². The molecule has 3 aromatic rings. The van der Waals surface area contributed by atoms with Gasteiger partial charge < -0.3 is 26.0 Å². The lowest BCUT2D eigenvalue weighted by atomic mass is 9.45. The number of hydrogen-bond acceptors (Lipinski definition) is 8. The van der Waals surface area contributed by atoms with E-state index < -0.39 is 24.2 Å². The average Bonchev–Trinajstić information content (AvgIpc) is 3.50. The van der Waals surface area contributed by atoms with Crippen molar-refractivity contribution in [2.45, 2.75) is 84.8 Å². The first-order valence-electron chi connectivity index (χ1n) is 19.0. The van der Waals surface area contributed by atoms with E-state index >= 15 is 0 Å². The van der Waals surface area contributed by atoms with Gasteiger partial charge in [0.1, 0.15) is 12.3 Å². The average molecular weight is 724 g/mol. The zero-order valence-corrected chi connectivity index (χ0v) is 32.5. The Kier molecular flexibility index (Phi) is 11.5. The van der Waals surface area contributed by atoms with Crippen LogP contribution >= 0.6 is 0 Å². The minimum atomic E-state index is -0.810. The van der Waals surface area contributed by atoms with Gasteiger partial charge in [0.2, 0.25) is 5.91 Å². The van der Waals surface area contributed by atoms with E-state index in [0.717, 1.165) is 46.2 Å². The van der Waals surface area contributed by atoms with Crippen molar-refractivity contribution >= 4 is 23.8 Å². The van der Waals surface area contributed by atoms with Gasteiger partial charge in [-0.2, -0.15) is 5.06 Å². The lowest BCUT2D eigenvalue weighted by Gasteiger charge is -2.62. The summed E-state index contributed by atoms with van der Waals surface area (Å²) in [4.78, 5) is 47.1. The zero-order valence-electron chi connectivity index (χ0n) is 32.5. The molecule has 53 heavy (non-hydrogen) atoms. The third-order valence-electron chi connectivity index (χ3n) is 12.7. The van der Waals surface area contributed by atoms with Crippen LogP contribution in [0.4, 0.5) is 5.69 Å². The highest BCUT2D eigenvalue weighted by Gasteiger charge is 2.57. The van der Waals surface area contributed by atoms with Crippen LogP contribution in [0.1, 0.15) is 77.9 Å². The highest BCUT2D eigenvalue weighted by Crippen LogP contribution is 2.61. The number of anilines is 1. The second-order valence-corrected chi connectivity index (χ2v) is 16.4. The highest BCUT2D eigenvalue weighted by atomic mass is 16.7. The van der Waals surface area contributed by atoms with E-state index in [-0.39, 0.29) is 17.9 Å². The summed E-state index contributed by atoms with van der Waals surface area (Å²) in [5, 5.41) is 22.8. The summed E-state index contributed by atoms with van der Waals surface area (Å²) in [5.41, 5.74) is 7.34. The molecule has 2 bridgehead atoms. The molecule has 10 nitrogen and oxygen atoms in total. The molecule has 2 amide bonds. The number of rotatable bonds is 13. The molecule has 7 rings (SSSR count). The number of aliphatic hydroxyl groups excluding tert-OH is 1. The summed E-state index contributed by atoms with van der Waals surface area (Å²) in [5.74, 6) is 0.780. The van der Waals surface area contributed by atoms with Crippen molar-refractivity contribution in [3.05, 3.63) is 88.5 Å². The Morgan fingerprint density at radius 1 is 1.09 bits per heavy atom. The Morgan fingerprint density at radius 3 is 2.45 bits per heavy atom. The molecule has 10 heteroatoms. The van der Waals surface area contributed by atoms with E-state index in [0.29, 0.717) is 53.9 Å². The summed E-state index contributed by atoms with van der Waals surface area (Å²) < 4.78 is 0. The van der Waals surface area contributed by atoms with Gasteiger partial charge in [0, 0.05) is 63.0 Å². The van der Waals surface area contributed by atoms with E-state index in [2.05, 4.69) is 61.8 Å². The molecule has 1 heterocycles. The number of carbonyl (C=O) groups is 3. The van der Waals surface area contributed by atoms with E-state index in [1.807, 2.05) is 49.3 Å². The van der Waals surface area contributed by atoms with Gasteiger partial charge in [-0.1, -0.05) is 63.2 Å². The second-order valence-electron chi connectivity index (χ2n) is 16.4. The number of amides is 2. The normalized spacial score (nSPS) is 26.7. The number of fused-ring (bicyclic) bond motifs is 2. The summed E-state index contributed by atoms with van der Waals surface area (Å²) in [6, 6.07) is 18.8. The number of aliphatic hydroxyl groups is 1. The number of aldehydes is 1. The molecule has 3 aromatic carbocycles. The molecule has 4 N–H and O–H groups in total. The number of hydroxylamine groups is 2. The van der Waals surface area contributed by atoms with Crippen LogP contribution in [0.15, 0.2) is 60.7 Å². The van der Waals surface area contributed by atoms with Crippen molar-refractivity contribution < 1.29 is 24.3 Å². The van der Waals surface area contributed by atoms with Crippen LogP contribution in [0.3, 0.4) is 0 Å². The maximum atomic E-state index is 14.5. The number of nitrogens with zero attached hydrogens (tertiary/aromatic N) is 2. The molecule has 0 radical (unpaired) electrons. The molecule has 4 aliphatic rings. The number of nitrogens with one attached hydrogen (secondary N) is 3. The number of benzene rings is 3. The molecular formula is C43H57N5O5. The molecule has 0 unspecified atom stereocenters. The third kappa shape index (κ3) is 7.78.